The minimum atomic E-state index is -0.0169. The molecule has 1 aromatic carbocycles. The summed E-state index contributed by atoms with van der Waals surface area (Å²) in [4.78, 5) is 12.3. The van der Waals surface area contributed by atoms with Crippen LogP contribution in [0.1, 0.15) is 43.5 Å². The summed E-state index contributed by atoms with van der Waals surface area (Å²) < 4.78 is 5.57. The van der Waals surface area contributed by atoms with Gasteiger partial charge in [0.25, 0.3) is 5.91 Å². The van der Waals surface area contributed by atoms with Crippen LogP contribution >= 0.6 is 0 Å². The monoisotopic (exact) mass is 290 g/mol. The topological polar surface area (TPSA) is 50.4 Å². The van der Waals surface area contributed by atoms with Crippen LogP contribution in [-0.4, -0.2) is 32.1 Å². The third-order valence-corrected chi connectivity index (χ3v) is 4.06. The first-order valence-corrected chi connectivity index (χ1v) is 7.85. The SMILES string of the molecule is CCCOc1cccc(C(=O)NCC2(C)CCNCC2)c1. The molecule has 1 aliphatic heterocycles. The Labute approximate surface area is 127 Å². The molecule has 0 spiro atoms. The van der Waals surface area contributed by atoms with Gasteiger partial charge in [-0.3, -0.25) is 4.79 Å². The van der Waals surface area contributed by atoms with E-state index in [0.29, 0.717) is 12.2 Å². The Kier molecular flexibility index (Phi) is 5.62. The Bertz CT molecular complexity index is 468. The van der Waals surface area contributed by atoms with Crippen LogP contribution in [0.2, 0.25) is 0 Å². The van der Waals surface area contributed by atoms with Crippen LogP contribution in [0.4, 0.5) is 0 Å². The quantitative estimate of drug-likeness (QED) is 0.846. The number of piperidine rings is 1. The minimum Gasteiger partial charge on any atom is -0.494 e. The summed E-state index contributed by atoms with van der Waals surface area (Å²) in [7, 11) is 0. The highest BCUT2D eigenvalue weighted by Gasteiger charge is 2.27. The molecule has 1 saturated heterocycles. The highest BCUT2D eigenvalue weighted by Crippen LogP contribution is 2.26. The molecule has 0 radical (unpaired) electrons. The van der Waals surface area contributed by atoms with Crippen LogP contribution in [0, 0.1) is 5.41 Å². The van der Waals surface area contributed by atoms with Gasteiger partial charge in [-0.15, -0.1) is 0 Å². The van der Waals surface area contributed by atoms with Crippen molar-refractivity contribution in [3.63, 3.8) is 0 Å². The molecule has 1 aliphatic rings. The molecule has 0 saturated carbocycles. The molecular weight excluding hydrogens is 264 g/mol. The second kappa shape index (κ2) is 7.46. The highest BCUT2D eigenvalue weighted by molar-refractivity contribution is 5.94. The van der Waals surface area contributed by atoms with Crippen LogP contribution in [-0.2, 0) is 0 Å². The normalized spacial score (nSPS) is 17.2. The molecule has 4 nitrogen and oxygen atoms in total. The maximum Gasteiger partial charge on any atom is 0.251 e. The van der Waals surface area contributed by atoms with Crippen LogP contribution in [0.5, 0.6) is 5.75 Å². The van der Waals surface area contributed by atoms with Crippen molar-refractivity contribution >= 4 is 5.91 Å². The zero-order valence-corrected chi connectivity index (χ0v) is 13.1. The van der Waals surface area contributed by atoms with Crippen LogP contribution in [0.25, 0.3) is 0 Å². The van der Waals surface area contributed by atoms with E-state index in [-0.39, 0.29) is 11.3 Å². The lowest BCUT2D eigenvalue weighted by Gasteiger charge is -2.34. The van der Waals surface area contributed by atoms with Crippen molar-refractivity contribution in [1.29, 1.82) is 0 Å². The Hall–Kier alpha value is -1.55. The van der Waals surface area contributed by atoms with E-state index in [0.717, 1.165) is 44.6 Å². The maximum absolute atomic E-state index is 12.3. The number of hydrogen-bond acceptors (Lipinski definition) is 3. The molecular formula is C17H26N2O2. The predicted molar refractivity (Wildman–Crippen MR) is 84.8 cm³/mol. The number of ether oxygens (including phenoxy) is 1. The predicted octanol–water partition coefficient (Wildman–Crippen LogP) is 2.59. The van der Waals surface area contributed by atoms with E-state index in [9.17, 15) is 4.79 Å². The van der Waals surface area contributed by atoms with Gasteiger partial charge in [0.1, 0.15) is 5.75 Å². The number of carbonyl (C=O) groups excluding carboxylic acids is 1. The number of rotatable bonds is 6. The summed E-state index contributed by atoms with van der Waals surface area (Å²) in [5.41, 5.74) is 0.873. The van der Waals surface area contributed by atoms with Gasteiger partial charge in [-0.25, -0.2) is 0 Å². The van der Waals surface area contributed by atoms with E-state index in [4.69, 9.17) is 4.74 Å². The van der Waals surface area contributed by atoms with Crippen molar-refractivity contribution in [2.24, 2.45) is 5.41 Å². The standard InChI is InChI=1S/C17H26N2O2/c1-3-11-21-15-6-4-5-14(12-15)16(20)19-13-17(2)7-9-18-10-8-17/h4-6,12,18H,3,7-11,13H2,1-2H3,(H,19,20). The fourth-order valence-corrected chi connectivity index (χ4v) is 2.55. The van der Waals surface area contributed by atoms with Crippen molar-refractivity contribution < 1.29 is 9.53 Å². The first kappa shape index (κ1) is 15.8. The van der Waals surface area contributed by atoms with Gasteiger partial charge in [-0.05, 0) is 56.0 Å². The van der Waals surface area contributed by atoms with Crippen molar-refractivity contribution in [2.45, 2.75) is 33.1 Å². The molecule has 0 unspecified atom stereocenters. The van der Waals surface area contributed by atoms with Gasteiger partial charge in [0.2, 0.25) is 0 Å². The van der Waals surface area contributed by atoms with Crippen LogP contribution in [0.3, 0.4) is 0 Å². The van der Waals surface area contributed by atoms with E-state index in [1.807, 2.05) is 24.3 Å². The van der Waals surface area contributed by atoms with Crippen molar-refractivity contribution in [2.75, 3.05) is 26.2 Å². The fourth-order valence-electron chi connectivity index (χ4n) is 2.55. The zero-order valence-electron chi connectivity index (χ0n) is 13.1. The molecule has 1 amide bonds. The fraction of sp³-hybridized carbons (Fsp3) is 0.588. The Morgan fingerprint density at radius 3 is 2.86 bits per heavy atom. The van der Waals surface area contributed by atoms with E-state index >= 15 is 0 Å². The Morgan fingerprint density at radius 1 is 1.38 bits per heavy atom. The third kappa shape index (κ3) is 4.74. The number of carbonyl (C=O) groups is 1. The molecule has 0 aromatic heterocycles. The summed E-state index contributed by atoms with van der Waals surface area (Å²) in [5, 5.41) is 6.43. The lowest BCUT2D eigenvalue weighted by molar-refractivity contribution is 0.0922. The average Bonchev–Trinajstić information content (AvgIpc) is 2.52. The van der Waals surface area contributed by atoms with Crippen LogP contribution < -0.4 is 15.4 Å². The lowest BCUT2D eigenvalue weighted by atomic mass is 9.81. The Morgan fingerprint density at radius 2 is 2.14 bits per heavy atom. The second-order valence-electron chi connectivity index (χ2n) is 6.12. The molecule has 1 heterocycles. The van der Waals surface area contributed by atoms with Crippen LogP contribution in [0.15, 0.2) is 24.3 Å². The number of nitrogens with one attached hydrogen (secondary N) is 2. The van der Waals surface area contributed by atoms with Gasteiger partial charge in [0.05, 0.1) is 6.61 Å². The summed E-state index contributed by atoms with van der Waals surface area (Å²) in [6.07, 6.45) is 3.17. The molecule has 0 atom stereocenters. The van der Waals surface area contributed by atoms with Gasteiger partial charge < -0.3 is 15.4 Å². The molecule has 1 fully saturated rings. The molecule has 4 heteroatoms. The molecule has 2 N–H and O–H groups in total. The van der Waals surface area contributed by atoms with E-state index < -0.39 is 0 Å². The lowest BCUT2D eigenvalue weighted by Crippen LogP contribution is -2.42. The Balaban J connectivity index is 1.90. The van der Waals surface area contributed by atoms with E-state index in [1.54, 1.807) is 0 Å². The summed E-state index contributed by atoms with van der Waals surface area (Å²) in [6.45, 7) is 7.79. The molecule has 0 bridgehead atoms. The first-order chi connectivity index (χ1) is 10.1. The largest absolute Gasteiger partial charge is 0.494 e. The highest BCUT2D eigenvalue weighted by atomic mass is 16.5. The molecule has 21 heavy (non-hydrogen) atoms. The average molecular weight is 290 g/mol. The molecule has 116 valence electrons. The zero-order chi connectivity index (χ0) is 15.1. The van der Waals surface area contributed by atoms with Crippen molar-refractivity contribution in [1.82, 2.24) is 10.6 Å². The number of amides is 1. The van der Waals surface area contributed by atoms with Gasteiger partial charge in [-0.1, -0.05) is 19.9 Å². The molecule has 2 rings (SSSR count). The van der Waals surface area contributed by atoms with Crippen molar-refractivity contribution in [3.05, 3.63) is 29.8 Å². The van der Waals surface area contributed by atoms with Gasteiger partial charge >= 0.3 is 0 Å². The first-order valence-electron chi connectivity index (χ1n) is 7.85. The maximum atomic E-state index is 12.3. The molecule has 1 aromatic rings. The van der Waals surface area contributed by atoms with Gasteiger partial charge in [-0.2, -0.15) is 0 Å². The number of benzene rings is 1. The number of hydrogen-bond donors (Lipinski definition) is 2. The minimum absolute atomic E-state index is 0.0169. The second-order valence-corrected chi connectivity index (χ2v) is 6.12. The summed E-state index contributed by atoms with van der Waals surface area (Å²) in [5.74, 6) is 0.745. The third-order valence-electron chi connectivity index (χ3n) is 4.06. The van der Waals surface area contributed by atoms with E-state index in [2.05, 4.69) is 24.5 Å². The van der Waals surface area contributed by atoms with Crippen molar-refractivity contribution in [3.8, 4) is 5.75 Å². The van der Waals surface area contributed by atoms with Gasteiger partial charge in [0, 0.05) is 12.1 Å². The molecule has 0 aliphatic carbocycles. The summed E-state index contributed by atoms with van der Waals surface area (Å²) in [6, 6.07) is 7.40. The summed E-state index contributed by atoms with van der Waals surface area (Å²) >= 11 is 0. The van der Waals surface area contributed by atoms with Gasteiger partial charge in [0.15, 0.2) is 0 Å². The smallest absolute Gasteiger partial charge is 0.251 e. The van der Waals surface area contributed by atoms with E-state index in [1.165, 1.54) is 0 Å².